The number of primary amides is 1. The molecule has 2 aromatic rings. The first-order chi connectivity index (χ1) is 11.0. The molecule has 120 valence electrons. The lowest BCUT2D eigenvalue weighted by atomic mass is 10.0. The summed E-state index contributed by atoms with van der Waals surface area (Å²) in [6.07, 6.45) is -1.28. The summed E-state index contributed by atoms with van der Waals surface area (Å²) in [5.41, 5.74) is 6.35. The molecule has 0 fully saturated rings. The van der Waals surface area contributed by atoms with Crippen LogP contribution in [0.1, 0.15) is 17.2 Å². The first kappa shape index (κ1) is 16.6. The summed E-state index contributed by atoms with van der Waals surface area (Å²) < 4.78 is 12.9. The summed E-state index contributed by atoms with van der Waals surface area (Å²) in [7, 11) is 0. The van der Waals surface area contributed by atoms with E-state index >= 15 is 0 Å². The van der Waals surface area contributed by atoms with E-state index in [9.17, 15) is 19.1 Å². The molecule has 0 spiro atoms. The number of nitrogens with one attached hydrogen (secondary N) is 1. The number of halogens is 1. The monoisotopic (exact) mass is 316 g/mol. The lowest BCUT2D eigenvalue weighted by Crippen LogP contribution is -2.47. The number of amides is 2. The molecule has 0 aliphatic heterocycles. The van der Waals surface area contributed by atoms with E-state index in [2.05, 4.69) is 5.32 Å². The molecule has 0 saturated heterocycles. The molecule has 4 N–H and O–H groups in total. The Labute approximate surface area is 132 Å². The Morgan fingerprint density at radius 2 is 1.70 bits per heavy atom. The molecule has 2 rings (SSSR count). The fraction of sp³-hybridized carbons (Fsp3) is 0.176. The second-order valence-electron chi connectivity index (χ2n) is 5.11. The van der Waals surface area contributed by atoms with Crippen LogP contribution in [0, 0.1) is 5.82 Å². The fourth-order valence-electron chi connectivity index (χ4n) is 2.12. The molecule has 6 heteroatoms. The quantitative estimate of drug-likeness (QED) is 0.744. The van der Waals surface area contributed by atoms with Crippen molar-refractivity contribution in [1.82, 2.24) is 5.32 Å². The topological polar surface area (TPSA) is 92.4 Å². The minimum Gasteiger partial charge on any atom is -0.378 e. The van der Waals surface area contributed by atoms with Crippen LogP contribution >= 0.6 is 0 Å². The van der Waals surface area contributed by atoms with Gasteiger partial charge in [0.2, 0.25) is 5.91 Å². The summed E-state index contributed by atoms with van der Waals surface area (Å²) in [6, 6.07) is 12.9. The highest BCUT2D eigenvalue weighted by atomic mass is 19.1. The van der Waals surface area contributed by atoms with E-state index < -0.39 is 29.8 Å². The van der Waals surface area contributed by atoms with Crippen LogP contribution in [-0.2, 0) is 16.0 Å². The summed E-state index contributed by atoms with van der Waals surface area (Å²) >= 11 is 0. The Hall–Kier alpha value is -2.73. The van der Waals surface area contributed by atoms with Gasteiger partial charge in [-0.2, -0.15) is 0 Å². The lowest BCUT2D eigenvalue weighted by Gasteiger charge is -2.18. The lowest BCUT2D eigenvalue weighted by molar-refractivity contribution is -0.133. The molecule has 0 bridgehead atoms. The molecule has 0 heterocycles. The highest BCUT2D eigenvalue weighted by Gasteiger charge is 2.24. The Morgan fingerprint density at radius 1 is 1.09 bits per heavy atom. The summed E-state index contributed by atoms with van der Waals surface area (Å²) in [5.74, 6) is -1.85. The smallest absolute Gasteiger partial charge is 0.254 e. The third kappa shape index (κ3) is 4.62. The van der Waals surface area contributed by atoms with Crippen LogP contribution in [-0.4, -0.2) is 23.0 Å². The molecular weight excluding hydrogens is 299 g/mol. The van der Waals surface area contributed by atoms with Crippen molar-refractivity contribution in [2.45, 2.75) is 18.6 Å². The van der Waals surface area contributed by atoms with Gasteiger partial charge in [-0.1, -0.05) is 42.5 Å². The van der Waals surface area contributed by atoms with E-state index in [0.29, 0.717) is 11.1 Å². The van der Waals surface area contributed by atoms with Gasteiger partial charge in [-0.15, -0.1) is 0 Å². The predicted molar refractivity (Wildman–Crippen MR) is 82.6 cm³/mol. The number of hydrogen-bond donors (Lipinski definition) is 3. The normalized spacial score (nSPS) is 13.1. The third-order valence-electron chi connectivity index (χ3n) is 3.38. The van der Waals surface area contributed by atoms with Gasteiger partial charge in [0.1, 0.15) is 11.9 Å². The average Bonchev–Trinajstić information content (AvgIpc) is 2.56. The molecule has 0 saturated carbocycles. The van der Waals surface area contributed by atoms with Gasteiger partial charge >= 0.3 is 0 Å². The van der Waals surface area contributed by atoms with Crippen molar-refractivity contribution < 1.29 is 19.1 Å². The second kappa shape index (κ2) is 7.51. The first-order valence-electron chi connectivity index (χ1n) is 7.04. The molecular formula is C17H17FN2O3. The number of rotatable bonds is 6. The maximum atomic E-state index is 12.9. The highest BCUT2D eigenvalue weighted by molar-refractivity contribution is 5.89. The van der Waals surface area contributed by atoms with Crippen molar-refractivity contribution in [3.05, 3.63) is 71.5 Å². The molecule has 2 amide bonds. The van der Waals surface area contributed by atoms with Crippen molar-refractivity contribution in [2.24, 2.45) is 5.73 Å². The molecule has 0 aliphatic carbocycles. The number of nitrogens with two attached hydrogens (primary N) is 1. The van der Waals surface area contributed by atoms with Crippen LogP contribution in [0.3, 0.4) is 0 Å². The summed E-state index contributed by atoms with van der Waals surface area (Å²) in [6.45, 7) is 0. The zero-order valence-electron chi connectivity index (χ0n) is 12.3. The first-order valence-corrected chi connectivity index (χ1v) is 7.04. The van der Waals surface area contributed by atoms with Gasteiger partial charge in [0, 0.05) is 6.42 Å². The van der Waals surface area contributed by atoms with Crippen LogP contribution in [0.4, 0.5) is 4.39 Å². The van der Waals surface area contributed by atoms with E-state index in [4.69, 9.17) is 5.73 Å². The van der Waals surface area contributed by atoms with Crippen LogP contribution in [0.15, 0.2) is 54.6 Å². The van der Waals surface area contributed by atoms with Crippen LogP contribution in [0.2, 0.25) is 0 Å². The molecule has 2 atom stereocenters. The van der Waals surface area contributed by atoms with Crippen molar-refractivity contribution in [3.63, 3.8) is 0 Å². The Morgan fingerprint density at radius 3 is 2.26 bits per heavy atom. The van der Waals surface area contributed by atoms with Crippen LogP contribution < -0.4 is 11.1 Å². The average molecular weight is 316 g/mol. The second-order valence-corrected chi connectivity index (χ2v) is 5.11. The zero-order valence-corrected chi connectivity index (χ0v) is 12.3. The standard InChI is InChI=1S/C17H17FN2O3/c18-13-8-6-11(7-9-13)10-14(16(19)22)20-17(23)15(21)12-4-2-1-3-5-12/h1-9,14-15,21H,10H2,(H2,19,22)(H,20,23)/t14-,15+/m1/s1. The van der Waals surface area contributed by atoms with E-state index in [1.807, 2.05) is 0 Å². The van der Waals surface area contributed by atoms with Gasteiger partial charge in [0.15, 0.2) is 6.10 Å². The van der Waals surface area contributed by atoms with Crippen molar-refractivity contribution >= 4 is 11.8 Å². The van der Waals surface area contributed by atoms with E-state index in [1.165, 1.54) is 24.3 Å². The number of benzene rings is 2. The third-order valence-corrected chi connectivity index (χ3v) is 3.38. The van der Waals surface area contributed by atoms with Gasteiger partial charge in [0.25, 0.3) is 5.91 Å². The predicted octanol–water partition coefficient (Wildman–Crippen LogP) is 1.07. The van der Waals surface area contributed by atoms with E-state index in [-0.39, 0.29) is 6.42 Å². The van der Waals surface area contributed by atoms with Crippen molar-refractivity contribution in [3.8, 4) is 0 Å². The van der Waals surface area contributed by atoms with Gasteiger partial charge in [-0.25, -0.2) is 4.39 Å². The number of carbonyl (C=O) groups excluding carboxylic acids is 2. The van der Waals surface area contributed by atoms with Gasteiger partial charge in [-0.05, 0) is 23.3 Å². The minimum absolute atomic E-state index is 0.114. The summed E-state index contributed by atoms with van der Waals surface area (Å²) in [4.78, 5) is 23.6. The van der Waals surface area contributed by atoms with Crippen molar-refractivity contribution in [2.75, 3.05) is 0 Å². The maximum Gasteiger partial charge on any atom is 0.254 e. The number of aliphatic hydroxyl groups excluding tert-OH is 1. The van der Waals surface area contributed by atoms with Crippen LogP contribution in [0.25, 0.3) is 0 Å². The SMILES string of the molecule is NC(=O)[C@@H](Cc1ccc(F)cc1)NC(=O)[C@@H](O)c1ccccc1. The minimum atomic E-state index is -1.40. The Kier molecular flexibility index (Phi) is 5.43. The molecule has 0 aromatic heterocycles. The zero-order chi connectivity index (χ0) is 16.8. The van der Waals surface area contributed by atoms with Gasteiger partial charge < -0.3 is 16.2 Å². The molecule has 0 unspecified atom stereocenters. The van der Waals surface area contributed by atoms with Crippen LogP contribution in [0.5, 0.6) is 0 Å². The molecule has 5 nitrogen and oxygen atoms in total. The number of hydrogen-bond acceptors (Lipinski definition) is 3. The molecule has 0 aliphatic rings. The number of carbonyl (C=O) groups is 2. The van der Waals surface area contributed by atoms with Gasteiger partial charge in [-0.3, -0.25) is 9.59 Å². The van der Waals surface area contributed by atoms with Gasteiger partial charge in [0.05, 0.1) is 0 Å². The molecule has 23 heavy (non-hydrogen) atoms. The Balaban J connectivity index is 2.05. The molecule has 0 radical (unpaired) electrons. The summed E-state index contributed by atoms with van der Waals surface area (Å²) in [5, 5.41) is 12.4. The fourth-order valence-corrected chi connectivity index (χ4v) is 2.12. The highest BCUT2D eigenvalue weighted by Crippen LogP contribution is 2.13. The largest absolute Gasteiger partial charge is 0.378 e. The van der Waals surface area contributed by atoms with Crippen molar-refractivity contribution in [1.29, 1.82) is 0 Å². The van der Waals surface area contributed by atoms with E-state index in [1.54, 1.807) is 30.3 Å². The molecule has 2 aromatic carbocycles. The number of aliphatic hydroxyl groups is 1. The Bertz CT molecular complexity index is 674. The maximum absolute atomic E-state index is 12.9. The van der Waals surface area contributed by atoms with E-state index in [0.717, 1.165) is 0 Å².